The molecule has 156 valence electrons. The number of aliphatic hydroxyl groups is 1. The van der Waals surface area contributed by atoms with Crippen LogP contribution in [0.25, 0.3) is 5.52 Å². The van der Waals surface area contributed by atoms with Crippen molar-refractivity contribution in [3.05, 3.63) is 23.1 Å². The summed E-state index contributed by atoms with van der Waals surface area (Å²) in [5, 5.41) is 19.7. The molecule has 1 saturated heterocycles. The summed E-state index contributed by atoms with van der Waals surface area (Å²) in [4.78, 5) is 6.61. The number of aromatic nitrogens is 3. The molecule has 1 aliphatic carbocycles. The number of nitrogens with two attached hydrogens (primary N) is 1. The molecular formula is C16H25ClN6O3S2. The predicted molar refractivity (Wildman–Crippen MR) is 112 cm³/mol. The average molecular weight is 449 g/mol. The van der Waals surface area contributed by atoms with Gasteiger partial charge < -0.3 is 10.0 Å². The number of aliphatic hydroxyl groups excluding tert-OH is 1. The first-order valence-electron chi connectivity index (χ1n) is 8.81. The predicted octanol–water partition coefficient (Wildman–Crippen LogP) is 0.659. The van der Waals surface area contributed by atoms with Crippen molar-refractivity contribution in [2.75, 3.05) is 24.5 Å². The number of fused-ring (bicyclic) bond motifs is 1. The zero-order chi connectivity index (χ0) is 19.6. The van der Waals surface area contributed by atoms with Crippen LogP contribution in [-0.2, 0) is 10.2 Å². The van der Waals surface area contributed by atoms with Gasteiger partial charge in [0.1, 0.15) is 17.0 Å². The maximum Gasteiger partial charge on any atom is 0.277 e. The summed E-state index contributed by atoms with van der Waals surface area (Å²) >= 11 is 6.21. The van der Waals surface area contributed by atoms with Crippen LogP contribution in [0.5, 0.6) is 0 Å². The quantitative estimate of drug-likeness (QED) is 0.693. The third-order valence-electron chi connectivity index (χ3n) is 5.55. The molecule has 1 atom stereocenters. The van der Waals surface area contributed by atoms with Gasteiger partial charge in [0, 0.05) is 31.1 Å². The second-order valence-electron chi connectivity index (χ2n) is 7.88. The summed E-state index contributed by atoms with van der Waals surface area (Å²) in [7, 11) is -3.83. The van der Waals surface area contributed by atoms with Crippen LogP contribution in [0.2, 0.25) is 5.15 Å². The van der Waals surface area contributed by atoms with Gasteiger partial charge in [-0.15, -0.1) is 0 Å². The Hall–Kier alpha value is -1.11. The second kappa shape index (κ2) is 7.29. The zero-order valence-electron chi connectivity index (χ0n) is 15.7. The normalized spacial score (nSPS) is 20.1. The molecule has 4 rings (SSSR count). The molecule has 28 heavy (non-hydrogen) atoms. The van der Waals surface area contributed by atoms with Gasteiger partial charge in [-0.25, -0.2) is 14.6 Å². The summed E-state index contributed by atoms with van der Waals surface area (Å²) in [6.07, 6.45) is 2.20. The van der Waals surface area contributed by atoms with Crippen molar-refractivity contribution < 1.29 is 13.5 Å². The molecule has 12 heteroatoms. The van der Waals surface area contributed by atoms with E-state index < -0.39 is 16.3 Å². The third kappa shape index (κ3) is 3.59. The van der Waals surface area contributed by atoms with Crippen LogP contribution in [0, 0.1) is 12.3 Å². The number of aryl methyl sites for hydroxylation is 1. The van der Waals surface area contributed by atoms with Crippen LogP contribution in [0.3, 0.4) is 0 Å². The highest BCUT2D eigenvalue weighted by Crippen LogP contribution is 2.52. The van der Waals surface area contributed by atoms with E-state index >= 15 is 0 Å². The Morgan fingerprint density at radius 3 is 2.68 bits per heavy atom. The molecule has 1 spiro atoms. The topological polar surface area (TPSA) is 117 Å². The number of hydrogen-bond acceptors (Lipinski definition) is 6. The van der Waals surface area contributed by atoms with Crippen molar-refractivity contribution in [2.24, 2.45) is 10.6 Å². The first kappa shape index (κ1) is 21.6. The first-order valence-corrected chi connectivity index (χ1v) is 10.7. The Kier molecular flexibility index (Phi) is 5.63. The monoisotopic (exact) mass is 448 g/mol. The lowest BCUT2D eigenvalue weighted by atomic mass is 9.60. The van der Waals surface area contributed by atoms with E-state index in [0.717, 1.165) is 42.8 Å². The van der Waals surface area contributed by atoms with E-state index in [1.807, 2.05) is 13.0 Å². The number of halogens is 1. The van der Waals surface area contributed by atoms with Gasteiger partial charge in [-0.05, 0) is 38.3 Å². The van der Waals surface area contributed by atoms with E-state index in [4.69, 9.17) is 16.7 Å². The van der Waals surface area contributed by atoms with Gasteiger partial charge >= 0.3 is 0 Å². The van der Waals surface area contributed by atoms with Gasteiger partial charge in [0.25, 0.3) is 10.2 Å². The molecule has 0 unspecified atom stereocenters. The van der Waals surface area contributed by atoms with Crippen molar-refractivity contribution in [3.63, 3.8) is 0 Å². The van der Waals surface area contributed by atoms with Crippen LogP contribution in [0.4, 0.5) is 5.82 Å². The highest BCUT2D eigenvalue weighted by Gasteiger charge is 2.55. The fourth-order valence-corrected chi connectivity index (χ4v) is 5.71. The van der Waals surface area contributed by atoms with Crippen molar-refractivity contribution in [1.82, 2.24) is 18.9 Å². The Labute approximate surface area is 176 Å². The van der Waals surface area contributed by atoms with Gasteiger partial charge in [-0.1, -0.05) is 11.6 Å². The van der Waals surface area contributed by atoms with Gasteiger partial charge in [-0.2, -0.15) is 31.3 Å². The van der Waals surface area contributed by atoms with E-state index in [1.54, 1.807) is 11.4 Å². The molecular weight excluding hydrogens is 424 g/mol. The lowest BCUT2D eigenvalue weighted by molar-refractivity contribution is 0.00227. The van der Waals surface area contributed by atoms with E-state index in [2.05, 4.69) is 15.0 Å². The summed E-state index contributed by atoms with van der Waals surface area (Å²) in [5.41, 5.74) is 1.98. The third-order valence-corrected chi connectivity index (χ3v) is 6.92. The van der Waals surface area contributed by atoms with E-state index in [9.17, 15) is 13.5 Å². The molecule has 1 saturated carbocycles. The minimum Gasteiger partial charge on any atom is -0.392 e. The fourth-order valence-electron chi connectivity index (χ4n) is 4.43. The molecule has 2 aliphatic rings. The molecule has 2 aromatic heterocycles. The molecule has 0 amide bonds. The molecule has 0 bridgehead atoms. The van der Waals surface area contributed by atoms with Crippen LogP contribution in [-0.4, -0.2) is 64.2 Å². The van der Waals surface area contributed by atoms with Crippen molar-refractivity contribution >= 4 is 46.6 Å². The number of nitrogens with zero attached hydrogens (tertiary/aromatic N) is 5. The zero-order valence-corrected chi connectivity index (χ0v) is 18.3. The summed E-state index contributed by atoms with van der Waals surface area (Å²) in [5.74, 6) is 0.843. The molecule has 3 heterocycles. The maximum absolute atomic E-state index is 11.8. The molecule has 2 fully saturated rings. The van der Waals surface area contributed by atoms with Gasteiger partial charge in [-0.3, -0.25) is 0 Å². The largest absolute Gasteiger partial charge is 0.392 e. The number of hydrogen-bond donors (Lipinski definition) is 2. The highest BCUT2D eigenvalue weighted by molar-refractivity contribution is 7.86. The van der Waals surface area contributed by atoms with Crippen molar-refractivity contribution in [1.29, 1.82) is 0 Å². The lowest BCUT2D eigenvalue weighted by Crippen LogP contribution is -2.68. The van der Waals surface area contributed by atoms with Crippen LogP contribution in [0.1, 0.15) is 25.3 Å². The molecule has 1 aliphatic heterocycles. The van der Waals surface area contributed by atoms with Gasteiger partial charge in [0.2, 0.25) is 0 Å². The van der Waals surface area contributed by atoms with E-state index in [-0.39, 0.29) is 31.5 Å². The lowest BCUT2D eigenvalue weighted by Gasteiger charge is -2.60. The average Bonchev–Trinajstić information content (AvgIpc) is 2.77. The Balaban J connectivity index is 0.00000225. The van der Waals surface area contributed by atoms with Crippen molar-refractivity contribution in [2.45, 2.75) is 38.8 Å². The number of rotatable bonds is 5. The van der Waals surface area contributed by atoms with Crippen LogP contribution < -0.4 is 10.0 Å². The molecule has 3 N–H and O–H groups in total. The molecule has 0 radical (unpaired) electrons. The van der Waals surface area contributed by atoms with Gasteiger partial charge in [0.15, 0.2) is 5.82 Å². The summed E-state index contributed by atoms with van der Waals surface area (Å²) in [6, 6.07) is 1.70. The maximum atomic E-state index is 11.8. The van der Waals surface area contributed by atoms with Crippen LogP contribution >= 0.6 is 25.1 Å². The highest BCUT2D eigenvalue weighted by atomic mass is 35.5. The molecule has 2 aromatic rings. The van der Waals surface area contributed by atoms with E-state index in [0.29, 0.717) is 5.15 Å². The second-order valence-corrected chi connectivity index (χ2v) is 9.76. The van der Waals surface area contributed by atoms with Gasteiger partial charge in [0.05, 0.1) is 6.10 Å². The summed E-state index contributed by atoms with van der Waals surface area (Å²) < 4.78 is 26.6. The standard InChI is InChI=1S/C16H23ClN6O3S.H2S/c1-10-3-13(17)23-14(10)15(19-9-20-23)21-7-16(8-21)4-12(5-16)22(6-11(2)24)27(18,25)26;/h3,9,11-12,24H,4-8H2,1-2H3,(H2,18,25,26);1H2/t11-;/m1./s1. The van der Waals surface area contributed by atoms with Crippen LogP contribution in [0.15, 0.2) is 12.4 Å². The minimum atomic E-state index is -3.83. The van der Waals surface area contributed by atoms with E-state index in [1.165, 1.54) is 10.6 Å². The van der Waals surface area contributed by atoms with Crippen molar-refractivity contribution in [3.8, 4) is 0 Å². The molecule has 9 nitrogen and oxygen atoms in total. The fraction of sp³-hybridized carbons (Fsp3) is 0.625. The summed E-state index contributed by atoms with van der Waals surface area (Å²) in [6.45, 7) is 5.15. The minimum absolute atomic E-state index is 0. The Bertz CT molecular complexity index is 982. The SMILES string of the molecule is Cc1cc(Cl)n2ncnc(N3CC4(CC(N(C[C@@H](C)O)S(N)(=O)=O)C4)C3)c12.S. The Morgan fingerprint density at radius 2 is 2.11 bits per heavy atom. The smallest absolute Gasteiger partial charge is 0.277 e. The number of anilines is 1. The first-order chi connectivity index (χ1) is 12.6. The Morgan fingerprint density at radius 1 is 1.46 bits per heavy atom. The molecule has 0 aromatic carbocycles.